The number of hydrogen-bond acceptors (Lipinski definition) is 3. The Bertz CT molecular complexity index is 534. The highest BCUT2D eigenvalue weighted by molar-refractivity contribution is 6.31. The lowest BCUT2D eigenvalue weighted by molar-refractivity contribution is -0.117. The van der Waals surface area contributed by atoms with E-state index in [1.165, 1.54) is 6.42 Å². The van der Waals surface area contributed by atoms with Gasteiger partial charge in [0.25, 0.3) is 0 Å². The van der Waals surface area contributed by atoms with Gasteiger partial charge >= 0.3 is 0 Å². The number of carbonyl (C=O) groups excluding carboxylic acids is 1. The average molecular weight is 308 g/mol. The predicted molar refractivity (Wildman–Crippen MR) is 85.8 cm³/mol. The van der Waals surface area contributed by atoms with Gasteiger partial charge in [-0.2, -0.15) is 0 Å². The van der Waals surface area contributed by atoms with E-state index in [4.69, 9.17) is 11.6 Å². The van der Waals surface area contributed by atoms with Crippen molar-refractivity contribution in [2.45, 2.75) is 25.8 Å². The fraction of sp³-hybridized carbons (Fsp3) is 0.562. The van der Waals surface area contributed by atoms with Gasteiger partial charge in [0.05, 0.1) is 6.54 Å². The van der Waals surface area contributed by atoms with E-state index in [1.54, 1.807) is 0 Å². The smallest absolute Gasteiger partial charge is 0.238 e. The van der Waals surface area contributed by atoms with Crippen molar-refractivity contribution >= 4 is 23.2 Å². The molecule has 2 aliphatic heterocycles. The number of halogens is 1. The number of amides is 1. The van der Waals surface area contributed by atoms with Crippen molar-refractivity contribution in [3.05, 3.63) is 28.8 Å². The van der Waals surface area contributed by atoms with Gasteiger partial charge in [0.15, 0.2) is 0 Å². The van der Waals surface area contributed by atoms with Crippen molar-refractivity contribution in [2.24, 2.45) is 5.92 Å². The minimum absolute atomic E-state index is 0.0410. The van der Waals surface area contributed by atoms with Crippen LogP contribution in [0, 0.1) is 12.8 Å². The first-order valence-corrected chi connectivity index (χ1v) is 8.01. The molecule has 114 valence electrons. The normalized spacial score (nSPS) is 25.6. The Hall–Kier alpha value is -1.10. The van der Waals surface area contributed by atoms with E-state index in [9.17, 15) is 4.79 Å². The highest BCUT2D eigenvalue weighted by atomic mass is 35.5. The van der Waals surface area contributed by atoms with Gasteiger partial charge in [-0.05, 0) is 49.9 Å². The van der Waals surface area contributed by atoms with Crippen LogP contribution in [0.25, 0.3) is 0 Å². The molecule has 0 aliphatic carbocycles. The minimum Gasteiger partial charge on any atom is -0.325 e. The van der Waals surface area contributed by atoms with Crippen molar-refractivity contribution in [3.63, 3.8) is 0 Å². The number of benzene rings is 1. The summed E-state index contributed by atoms with van der Waals surface area (Å²) in [6.07, 6.45) is 2.38. The molecular formula is C16H22ClN3O. The third kappa shape index (κ3) is 3.57. The molecule has 21 heavy (non-hydrogen) atoms. The Morgan fingerprint density at radius 3 is 3.14 bits per heavy atom. The molecule has 4 nitrogen and oxygen atoms in total. The number of fused-ring (bicyclic) bond motifs is 1. The standard InChI is InChI=1S/C16H22ClN3O/c1-11-2-3-13(8-14(11)17)19-16(21)10-20-7-5-15-12(9-20)4-6-18-15/h2-3,8,12,15,18H,4-7,9-10H2,1H3,(H,19,21). The summed E-state index contributed by atoms with van der Waals surface area (Å²) in [5.74, 6) is 0.750. The number of hydrogen-bond donors (Lipinski definition) is 2. The molecule has 0 radical (unpaired) electrons. The number of carbonyl (C=O) groups is 1. The van der Waals surface area contributed by atoms with Crippen LogP contribution in [-0.4, -0.2) is 43.0 Å². The van der Waals surface area contributed by atoms with Crippen LogP contribution in [0.1, 0.15) is 18.4 Å². The molecule has 2 atom stereocenters. The molecule has 0 spiro atoms. The van der Waals surface area contributed by atoms with Crippen LogP contribution in [0.2, 0.25) is 5.02 Å². The fourth-order valence-electron chi connectivity index (χ4n) is 3.34. The van der Waals surface area contributed by atoms with E-state index in [2.05, 4.69) is 15.5 Å². The molecule has 5 heteroatoms. The van der Waals surface area contributed by atoms with E-state index in [1.807, 2.05) is 25.1 Å². The van der Waals surface area contributed by atoms with Gasteiger partial charge in [0.1, 0.15) is 0 Å². The molecule has 2 N–H and O–H groups in total. The average Bonchev–Trinajstić information content (AvgIpc) is 2.90. The van der Waals surface area contributed by atoms with Crippen molar-refractivity contribution in [2.75, 3.05) is 31.5 Å². The van der Waals surface area contributed by atoms with Crippen LogP contribution in [-0.2, 0) is 4.79 Å². The molecular weight excluding hydrogens is 286 g/mol. The van der Waals surface area contributed by atoms with Crippen LogP contribution in [0.15, 0.2) is 18.2 Å². The summed E-state index contributed by atoms with van der Waals surface area (Å²) in [5.41, 5.74) is 1.79. The van der Waals surface area contributed by atoms with Gasteiger partial charge in [-0.25, -0.2) is 0 Å². The number of likely N-dealkylation sites (tertiary alicyclic amines) is 1. The predicted octanol–water partition coefficient (Wildman–Crippen LogP) is 2.27. The third-order valence-corrected chi connectivity index (χ3v) is 4.97. The number of rotatable bonds is 3. The van der Waals surface area contributed by atoms with Gasteiger partial charge in [-0.15, -0.1) is 0 Å². The highest BCUT2D eigenvalue weighted by Crippen LogP contribution is 2.24. The Morgan fingerprint density at radius 1 is 1.48 bits per heavy atom. The number of anilines is 1. The maximum Gasteiger partial charge on any atom is 0.238 e. The van der Waals surface area contributed by atoms with E-state index in [0.29, 0.717) is 23.5 Å². The minimum atomic E-state index is 0.0410. The zero-order valence-corrected chi connectivity index (χ0v) is 13.1. The summed E-state index contributed by atoms with van der Waals surface area (Å²) in [7, 11) is 0. The lowest BCUT2D eigenvalue weighted by Gasteiger charge is -2.34. The molecule has 2 fully saturated rings. The Morgan fingerprint density at radius 2 is 2.33 bits per heavy atom. The van der Waals surface area contributed by atoms with Crippen LogP contribution in [0.4, 0.5) is 5.69 Å². The van der Waals surface area contributed by atoms with Crippen LogP contribution in [0.5, 0.6) is 0 Å². The quantitative estimate of drug-likeness (QED) is 0.900. The molecule has 1 amide bonds. The summed E-state index contributed by atoms with van der Waals surface area (Å²) in [5, 5.41) is 7.16. The highest BCUT2D eigenvalue weighted by Gasteiger charge is 2.32. The van der Waals surface area contributed by atoms with Gasteiger partial charge in [-0.3, -0.25) is 9.69 Å². The first-order valence-electron chi connectivity index (χ1n) is 7.63. The third-order valence-electron chi connectivity index (χ3n) is 4.56. The Kier molecular flexibility index (Phi) is 4.48. The second-order valence-electron chi connectivity index (χ2n) is 6.15. The van der Waals surface area contributed by atoms with Crippen LogP contribution < -0.4 is 10.6 Å². The Balaban J connectivity index is 1.53. The number of nitrogens with zero attached hydrogens (tertiary/aromatic N) is 1. The number of aryl methyl sites for hydroxylation is 1. The fourth-order valence-corrected chi connectivity index (χ4v) is 3.52. The molecule has 2 saturated heterocycles. The van der Waals surface area contributed by atoms with Crippen molar-refractivity contribution < 1.29 is 4.79 Å². The molecule has 1 aromatic carbocycles. The van der Waals surface area contributed by atoms with E-state index >= 15 is 0 Å². The van der Waals surface area contributed by atoms with E-state index in [0.717, 1.165) is 37.3 Å². The Labute approximate surface area is 130 Å². The second kappa shape index (κ2) is 6.34. The van der Waals surface area contributed by atoms with E-state index in [-0.39, 0.29) is 5.91 Å². The molecule has 2 aliphatic rings. The van der Waals surface area contributed by atoms with E-state index < -0.39 is 0 Å². The monoisotopic (exact) mass is 307 g/mol. The zero-order valence-electron chi connectivity index (χ0n) is 12.4. The number of nitrogens with one attached hydrogen (secondary N) is 2. The largest absolute Gasteiger partial charge is 0.325 e. The van der Waals surface area contributed by atoms with Gasteiger partial charge in [0, 0.05) is 29.8 Å². The molecule has 3 rings (SSSR count). The molecule has 0 aromatic heterocycles. The lowest BCUT2D eigenvalue weighted by Crippen LogP contribution is -2.46. The first kappa shape index (κ1) is 14.8. The maximum atomic E-state index is 12.2. The summed E-state index contributed by atoms with van der Waals surface area (Å²) >= 11 is 6.08. The topological polar surface area (TPSA) is 44.4 Å². The van der Waals surface area contributed by atoms with Crippen molar-refractivity contribution in [3.8, 4) is 0 Å². The van der Waals surface area contributed by atoms with Crippen LogP contribution >= 0.6 is 11.6 Å². The molecule has 0 saturated carbocycles. The van der Waals surface area contributed by atoms with Gasteiger partial charge in [0.2, 0.25) is 5.91 Å². The summed E-state index contributed by atoms with van der Waals surface area (Å²) < 4.78 is 0. The van der Waals surface area contributed by atoms with Gasteiger partial charge < -0.3 is 10.6 Å². The second-order valence-corrected chi connectivity index (χ2v) is 6.55. The summed E-state index contributed by atoms with van der Waals surface area (Å²) in [6.45, 7) is 5.57. The summed E-state index contributed by atoms with van der Waals surface area (Å²) in [4.78, 5) is 14.4. The molecule has 2 unspecified atom stereocenters. The SMILES string of the molecule is Cc1ccc(NC(=O)CN2CCC3NCCC3C2)cc1Cl. The molecule has 2 heterocycles. The molecule has 1 aromatic rings. The first-order chi connectivity index (χ1) is 10.1. The number of piperidine rings is 1. The van der Waals surface area contributed by atoms with Crippen LogP contribution in [0.3, 0.4) is 0 Å². The molecule has 0 bridgehead atoms. The zero-order chi connectivity index (χ0) is 14.8. The van der Waals surface area contributed by atoms with Gasteiger partial charge in [-0.1, -0.05) is 17.7 Å². The maximum absolute atomic E-state index is 12.2. The lowest BCUT2D eigenvalue weighted by atomic mass is 9.93. The van der Waals surface area contributed by atoms with Crippen molar-refractivity contribution in [1.82, 2.24) is 10.2 Å². The summed E-state index contributed by atoms with van der Waals surface area (Å²) in [6, 6.07) is 6.29. The van der Waals surface area contributed by atoms with Crippen molar-refractivity contribution in [1.29, 1.82) is 0 Å².